The predicted octanol–water partition coefficient (Wildman–Crippen LogP) is 2.75. The SMILES string of the molecule is Nc1nc(Cl)c(C#Cc2cccs2)c(N[C@H]2CC[C@@H](CO)C2)n1. The Balaban J connectivity index is 1.86. The highest BCUT2D eigenvalue weighted by molar-refractivity contribution is 7.10. The lowest BCUT2D eigenvalue weighted by molar-refractivity contribution is 0.229. The van der Waals surface area contributed by atoms with Crippen LogP contribution in [0.5, 0.6) is 0 Å². The van der Waals surface area contributed by atoms with E-state index in [1.807, 2.05) is 17.5 Å². The molecule has 0 aromatic carbocycles. The van der Waals surface area contributed by atoms with Gasteiger partial charge in [0, 0.05) is 12.6 Å². The summed E-state index contributed by atoms with van der Waals surface area (Å²) >= 11 is 7.77. The zero-order valence-electron chi connectivity index (χ0n) is 12.4. The van der Waals surface area contributed by atoms with E-state index in [-0.39, 0.29) is 23.8 Å². The number of nitrogen functional groups attached to an aromatic ring is 1. The van der Waals surface area contributed by atoms with E-state index in [1.165, 1.54) is 0 Å². The first kappa shape index (κ1) is 16.1. The average Bonchev–Trinajstić information content (AvgIpc) is 3.17. The lowest BCUT2D eigenvalue weighted by Gasteiger charge is -2.15. The first-order chi connectivity index (χ1) is 11.2. The van der Waals surface area contributed by atoms with Crippen molar-refractivity contribution in [2.75, 3.05) is 17.7 Å². The Labute approximate surface area is 143 Å². The number of aliphatic hydroxyl groups excluding tert-OH is 1. The minimum atomic E-state index is 0.121. The van der Waals surface area contributed by atoms with Crippen LogP contribution >= 0.6 is 22.9 Å². The van der Waals surface area contributed by atoms with E-state index < -0.39 is 0 Å². The van der Waals surface area contributed by atoms with Gasteiger partial charge < -0.3 is 16.2 Å². The first-order valence-electron chi connectivity index (χ1n) is 7.41. The predicted molar refractivity (Wildman–Crippen MR) is 93.6 cm³/mol. The Bertz CT molecular complexity index is 739. The van der Waals surface area contributed by atoms with Crippen molar-refractivity contribution in [2.24, 2.45) is 5.92 Å². The zero-order chi connectivity index (χ0) is 16.2. The molecule has 120 valence electrons. The second kappa shape index (κ2) is 7.18. The van der Waals surface area contributed by atoms with Gasteiger partial charge in [-0.05, 0) is 36.6 Å². The molecule has 0 bridgehead atoms. The van der Waals surface area contributed by atoms with Gasteiger partial charge in [-0.2, -0.15) is 9.97 Å². The molecule has 0 radical (unpaired) electrons. The quantitative estimate of drug-likeness (QED) is 0.586. The summed E-state index contributed by atoms with van der Waals surface area (Å²) in [6.07, 6.45) is 2.87. The van der Waals surface area contributed by atoms with Crippen molar-refractivity contribution in [2.45, 2.75) is 25.3 Å². The van der Waals surface area contributed by atoms with Crippen LogP contribution in [0.3, 0.4) is 0 Å². The third-order valence-electron chi connectivity index (χ3n) is 3.85. The van der Waals surface area contributed by atoms with Crippen LogP contribution in [0.15, 0.2) is 17.5 Å². The van der Waals surface area contributed by atoms with Gasteiger partial charge in [0.1, 0.15) is 11.4 Å². The number of aliphatic hydroxyl groups is 1. The molecule has 0 spiro atoms. The molecule has 1 fully saturated rings. The standard InChI is InChI=1S/C16H17ClN4OS/c17-14-13(6-5-12-2-1-7-23-12)15(21-16(18)20-14)19-11-4-3-10(8-11)9-22/h1-2,7,10-11,22H,3-4,8-9H2,(H3,18,19,20,21)/t10-,11+/m1/s1. The molecule has 2 atom stereocenters. The van der Waals surface area contributed by atoms with Gasteiger partial charge >= 0.3 is 0 Å². The van der Waals surface area contributed by atoms with Gasteiger partial charge in [0.2, 0.25) is 5.95 Å². The van der Waals surface area contributed by atoms with E-state index in [2.05, 4.69) is 27.1 Å². The Kier molecular flexibility index (Phi) is 5.01. The van der Waals surface area contributed by atoms with E-state index in [9.17, 15) is 5.11 Å². The molecule has 0 aliphatic heterocycles. The highest BCUT2D eigenvalue weighted by atomic mass is 35.5. The molecule has 3 rings (SSSR count). The minimum Gasteiger partial charge on any atom is -0.396 e. The molecule has 0 saturated heterocycles. The highest BCUT2D eigenvalue weighted by Gasteiger charge is 2.25. The maximum Gasteiger partial charge on any atom is 0.223 e. The largest absolute Gasteiger partial charge is 0.396 e. The van der Waals surface area contributed by atoms with Crippen molar-refractivity contribution in [3.8, 4) is 11.8 Å². The number of thiophene rings is 1. The molecule has 1 aliphatic rings. The fourth-order valence-electron chi connectivity index (χ4n) is 2.70. The molecular weight excluding hydrogens is 332 g/mol. The summed E-state index contributed by atoms with van der Waals surface area (Å²) in [5.74, 6) is 7.14. The van der Waals surface area contributed by atoms with Crippen molar-refractivity contribution in [1.29, 1.82) is 0 Å². The smallest absolute Gasteiger partial charge is 0.223 e. The van der Waals surface area contributed by atoms with Crippen molar-refractivity contribution >= 4 is 34.7 Å². The third-order valence-corrected chi connectivity index (χ3v) is 4.91. The Morgan fingerprint density at radius 2 is 2.26 bits per heavy atom. The monoisotopic (exact) mass is 348 g/mol. The van der Waals surface area contributed by atoms with Crippen molar-refractivity contribution in [1.82, 2.24) is 9.97 Å². The fourth-order valence-corrected chi connectivity index (χ4v) is 3.50. The number of anilines is 2. The van der Waals surface area contributed by atoms with Gasteiger partial charge in [-0.25, -0.2) is 0 Å². The summed E-state index contributed by atoms with van der Waals surface area (Å²) in [5, 5.41) is 14.8. The number of halogens is 1. The van der Waals surface area contributed by atoms with E-state index >= 15 is 0 Å². The van der Waals surface area contributed by atoms with Gasteiger partial charge in [0.15, 0.2) is 5.15 Å². The molecule has 0 unspecified atom stereocenters. The van der Waals surface area contributed by atoms with Gasteiger partial charge in [0.05, 0.1) is 4.88 Å². The molecule has 1 saturated carbocycles. The maximum absolute atomic E-state index is 9.27. The van der Waals surface area contributed by atoms with Crippen molar-refractivity contribution < 1.29 is 5.11 Å². The molecule has 2 aromatic rings. The maximum atomic E-state index is 9.27. The van der Waals surface area contributed by atoms with Crippen LogP contribution in [0.25, 0.3) is 0 Å². The van der Waals surface area contributed by atoms with Gasteiger partial charge in [-0.15, -0.1) is 11.3 Å². The van der Waals surface area contributed by atoms with E-state index in [1.54, 1.807) is 11.3 Å². The minimum absolute atomic E-state index is 0.121. The van der Waals surface area contributed by atoms with Gasteiger partial charge in [-0.1, -0.05) is 29.5 Å². The van der Waals surface area contributed by atoms with Crippen LogP contribution in [0.2, 0.25) is 5.15 Å². The molecule has 23 heavy (non-hydrogen) atoms. The third kappa shape index (κ3) is 3.94. The summed E-state index contributed by atoms with van der Waals surface area (Å²) in [6.45, 7) is 0.218. The number of rotatable bonds is 3. The number of hydrogen-bond acceptors (Lipinski definition) is 6. The molecule has 2 heterocycles. The average molecular weight is 349 g/mol. The molecule has 1 aliphatic carbocycles. The number of nitrogens with zero attached hydrogens (tertiary/aromatic N) is 2. The van der Waals surface area contributed by atoms with E-state index in [0.717, 1.165) is 24.1 Å². The highest BCUT2D eigenvalue weighted by Crippen LogP contribution is 2.29. The van der Waals surface area contributed by atoms with Crippen LogP contribution in [0.4, 0.5) is 11.8 Å². The van der Waals surface area contributed by atoms with Crippen molar-refractivity contribution in [3.63, 3.8) is 0 Å². The lowest BCUT2D eigenvalue weighted by Crippen LogP contribution is -2.19. The summed E-state index contributed by atoms with van der Waals surface area (Å²) < 4.78 is 0. The lowest BCUT2D eigenvalue weighted by atomic mass is 10.1. The molecule has 2 aromatic heterocycles. The Hall–Kier alpha value is -1.81. The molecule has 0 amide bonds. The second-order valence-electron chi connectivity index (χ2n) is 5.53. The Morgan fingerprint density at radius 3 is 2.96 bits per heavy atom. The number of nitrogens with one attached hydrogen (secondary N) is 1. The normalized spacial score (nSPS) is 20.1. The van der Waals surface area contributed by atoms with Crippen LogP contribution in [-0.2, 0) is 0 Å². The number of hydrogen-bond donors (Lipinski definition) is 3. The van der Waals surface area contributed by atoms with E-state index in [4.69, 9.17) is 17.3 Å². The van der Waals surface area contributed by atoms with Gasteiger partial charge in [0.25, 0.3) is 0 Å². The first-order valence-corrected chi connectivity index (χ1v) is 8.67. The summed E-state index contributed by atoms with van der Waals surface area (Å²) in [5.41, 5.74) is 6.27. The van der Waals surface area contributed by atoms with Gasteiger partial charge in [-0.3, -0.25) is 0 Å². The number of nitrogens with two attached hydrogens (primary N) is 1. The summed E-state index contributed by atoms with van der Waals surface area (Å²) in [4.78, 5) is 9.20. The summed E-state index contributed by atoms with van der Waals surface area (Å²) in [6, 6.07) is 4.13. The van der Waals surface area contributed by atoms with Crippen LogP contribution < -0.4 is 11.1 Å². The zero-order valence-corrected chi connectivity index (χ0v) is 14.0. The molecule has 7 heteroatoms. The molecule has 4 N–H and O–H groups in total. The molecular formula is C16H17ClN4OS. The van der Waals surface area contributed by atoms with E-state index in [0.29, 0.717) is 17.3 Å². The van der Waals surface area contributed by atoms with Crippen LogP contribution in [-0.4, -0.2) is 27.7 Å². The molecule has 5 nitrogen and oxygen atoms in total. The van der Waals surface area contributed by atoms with Crippen LogP contribution in [0.1, 0.15) is 29.7 Å². The van der Waals surface area contributed by atoms with Crippen molar-refractivity contribution in [3.05, 3.63) is 33.1 Å². The van der Waals surface area contributed by atoms with Crippen LogP contribution in [0, 0.1) is 17.8 Å². The Morgan fingerprint density at radius 1 is 1.39 bits per heavy atom. The second-order valence-corrected chi connectivity index (χ2v) is 6.83. The topological polar surface area (TPSA) is 84.1 Å². The summed E-state index contributed by atoms with van der Waals surface area (Å²) in [7, 11) is 0. The fraction of sp³-hybridized carbons (Fsp3) is 0.375. The number of aromatic nitrogens is 2.